The lowest BCUT2D eigenvalue weighted by Gasteiger charge is -2.25. The fourth-order valence-corrected chi connectivity index (χ4v) is 4.19. The molecule has 4 rings (SSSR count). The third kappa shape index (κ3) is 4.70. The van der Waals surface area contributed by atoms with Gasteiger partial charge in [0.05, 0.1) is 12.5 Å². The normalized spacial score (nSPS) is 16.8. The highest BCUT2D eigenvalue weighted by Gasteiger charge is 2.33. The minimum absolute atomic E-state index is 0.0541. The van der Waals surface area contributed by atoms with Crippen LogP contribution in [-0.4, -0.2) is 31.6 Å². The number of para-hydroxylation sites is 1. The predicted octanol–water partition coefficient (Wildman–Crippen LogP) is 3.49. The van der Waals surface area contributed by atoms with E-state index in [4.69, 9.17) is 9.47 Å². The molecule has 1 unspecified atom stereocenters. The van der Waals surface area contributed by atoms with E-state index in [2.05, 4.69) is 10.6 Å². The van der Waals surface area contributed by atoms with Crippen molar-refractivity contribution >= 4 is 17.5 Å². The molecule has 0 aromatic heterocycles. The Morgan fingerprint density at radius 3 is 2.45 bits per heavy atom. The molecule has 2 amide bonds. The third-order valence-electron chi connectivity index (χ3n) is 5.56. The van der Waals surface area contributed by atoms with E-state index in [1.54, 1.807) is 0 Å². The minimum Gasteiger partial charge on any atom is -0.486 e. The zero-order valence-electron chi connectivity index (χ0n) is 16.4. The van der Waals surface area contributed by atoms with Crippen molar-refractivity contribution in [3.8, 4) is 11.5 Å². The molecule has 0 spiro atoms. The molecule has 6 nitrogen and oxygen atoms in total. The van der Waals surface area contributed by atoms with Crippen LogP contribution in [0.25, 0.3) is 0 Å². The second-order valence-corrected chi connectivity index (χ2v) is 7.56. The molecule has 1 fully saturated rings. The molecule has 2 N–H and O–H groups in total. The van der Waals surface area contributed by atoms with Gasteiger partial charge in [0.2, 0.25) is 11.8 Å². The van der Waals surface area contributed by atoms with Crippen molar-refractivity contribution < 1.29 is 19.1 Å². The first kappa shape index (κ1) is 19.3. The van der Waals surface area contributed by atoms with E-state index in [-0.39, 0.29) is 30.2 Å². The Bertz CT molecular complexity index is 862. The van der Waals surface area contributed by atoms with Crippen molar-refractivity contribution in [3.63, 3.8) is 0 Å². The quantitative estimate of drug-likeness (QED) is 0.786. The van der Waals surface area contributed by atoms with Crippen LogP contribution in [0.15, 0.2) is 48.5 Å². The molecular formula is C23H26N2O4. The summed E-state index contributed by atoms with van der Waals surface area (Å²) in [6, 6.07) is 15.0. The van der Waals surface area contributed by atoms with Gasteiger partial charge < -0.3 is 20.1 Å². The first-order chi connectivity index (χ1) is 14.2. The van der Waals surface area contributed by atoms with Gasteiger partial charge in [-0.3, -0.25) is 9.59 Å². The molecule has 6 heteroatoms. The molecule has 1 aliphatic carbocycles. The number of nitrogens with one attached hydrogen (secondary N) is 2. The lowest BCUT2D eigenvalue weighted by Crippen LogP contribution is -2.38. The summed E-state index contributed by atoms with van der Waals surface area (Å²) in [7, 11) is 0. The highest BCUT2D eigenvalue weighted by atomic mass is 16.6. The number of anilines is 1. The summed E-state index contributed by atoms with van der Waals surface area (Å²) in [5, 5.41) is 5.63. The van der Waals surface area contributed by atoms with E-state index in [0.29, 0.717) is 30.4 Å². The summed E-state index contributed by atoms with van der Waals surface area (Å²) in [5.41, 5.74) is 1.63. The Labute approximate surface area is 170 Å². The Balaban J connectivity index is 1.45. The number of benzene rings is 2. The maximum Gasteiger partial charge on any atom is 0.243 e. The monoisotopic (exact) mass is 394 g/mol. The Hall–Kier alpha value is -3.02. The average Bonchev–Trinajstić information content (AvgIpc) is 3.27. The average molecular weight is 394 g/mol. The van der Waals surface area contributed by atoms with Gasteiger partial charge in [-0.1, -0.05) is 37.1 Å². The molecule has 29 heavy (non-hydrogen) atoms. The van der Waals surface area contributed by atoms with Crippen molar-refractivity contribution in [1.29, 1.82) is 0 Å². The SMILES string of the molecule is O=C(CNC(=O)C(c1ccc2c(c1)OCCO2)C1CCCC1)Nc1ccccc1. The smallest absolute Gasteiger partial charge is 0.243 e. The standard InChI is InChI=1S/C23H26N2O4/c26-21(25-18-8-2-1-3-9-18)15-24-23(27)22(16-6-4-5-7-16)17-10-11-19-20(14-17)29-13-12-28-19/h1-3,8-11,14,16,22H,4-7,12-13,15H2,(H,24,27)(H,25,26). The molecule has 1 saturated carbocycles. The van der Waals surface area contributed by atoms with E-state index in [1.807, 2.05) is 48.5 Å². The fraction of sp³-hybridized carbons (Fsp3) is 0.391. The third-order valence-corrected chi connectivity index (χ3v) is 5.56. The number of ether oxygens (including phenoxy) is 2. The number of hydrogen-bond acceptors (Lipinski definition) is 4. The first-order valence-corrected chi connectivity index (χ1v) is 10.2. The second-order valence-electron chi connectivity index (χ2n) is 7.56. The van der Waals surface area contributed by atoms with Gasteiger partial charge in [0.15, 0.2) is 11.5 Å². The summed E-state index contributed by atoms with van der Waals surface area (Å²) < 4.78 is 11.3. The second kappa shape index (κ2) is 8.99. The van der Waals surface area contributed by atoms with Crippen LogP contribution in [0.5, 0.6) is 11.5 Å². The summed E-state index contributed by atoms with van der Waals surface area (Å²) in [6.45, 7) is 0.993. The van der Waals surface area contributed by atoms with Gasteiger partial charge in [-0.25, -0.2) is 0 Å². The van der Waals surface area contributed by atoms with Crippen molar-refractivity contribution in [2.24, 2.45) is 5.92 Å². The van der Waals surface area contributed by atoms with Gasteiger partial charge in [-0.15, -0.1) is 0 Å². The van der Waals surface area contributed by atoms with Gasteiger partial charge in [0.1, 0.15) is 13.2 Å². The van der Waals surface area contributed by atoms with Crippen LogP contribution in [0.3, 0.4) is 0 Å². The molecule has 2 aromatic carbocycles. The number of carbonyl (C=O) groups excluding carboxylic acids is 2. The van der Waals surface area contributed by atoms with Crippen LogP contribution in [0.1, 0.15) is 37.2 Å². The number of rotatable bonds is 6. The molecule has 2 aromatic rings. The van der Waals surface area contributed by atoms with Crippen molar-refractivity contribution in [2.45, 2.75) is 31.6 Å². The van der Waals surface area contributed by atoms with Crippen LogP contribution in [-0.2, 0) is 9.59 Å². The van der Waals surface area contributed by atoms with Crippen LogP contribution < -0.4 is 20.1 Å². The molecular weight excluding hydrogens is 368 g/mol. The number of amides is 2. The van der Waals surface area contributed by atoms with Gasteiger partial charge in [0.25, 0.3) is 0 Å². The van der Waals surface area contributed by atoms with E-state index >= 15 is 0 Å². The lowest BCUT2D eigenvalue weighted by molar-refractivity contribution is -0.126. The van der Waals surface area contributed by atoms with Crippen LogP contribution in [0, 0.1) is 5.92 Å². The van der Waals surface area contributed by atoms with Gasteiger partial charge in [-0.2, -0.15) is 0 Å². The molecule has 1 aliphatic heterocycles. The van der Waals surface area contributed by atoms with E-state index in [9.17, 15) is 9.59 Å². The van der Waals surface area contributed by atoms with Crippen LogP contribution in [0.2, 0.25) is 0 Å². The zero-order valence-corrected chi connectivity index (χ0v) is 16.4. The van der Waals surface area contributed by atoms with Crippen molar-refractivity contribution in [3.05, 3.63) is 54.1 Å². The Morgan fingerprint density at radius 2 is 1.69 bits per heavy atom. The maximum atomic E-state index is 13.1. The van der Waals surface area contributed by atoms with Crippen LogP contribution >= 0.6 is 0 Å². The van der Waals surface area contributed by atoms with E-state index in [1.165, 1.54) is 0 Å². The summed E-state index contributed by atoms with van der Waals surface area (Å²) >= 11 is 0. The lowest BCUT2D eigenvalue weighted by atomic mass is 9.84. The van der Waals surface area contributed by atoms with Gasteiger partial charge in [-0.05, 0) is 48.6 Å². The minimum atomic E-state index is -0.294. The largest absolute Gasteiger partial charge is 0.486 e. The molecule has 0 saturated heterocycles. The zero-order chi connectivity index (χ0) is 20.1. The topological polar surface area (TPSA) is 76.7 Å². The highest BCUT2D eigenvalue weighted by Crippen LogP contribution is 2.40. The molecule has 1 heterocycles. The van der Waals surface area contributed by atoms with E-state index < -0.39 is 0 Å². The van der Waals surface area contributed by atoms with Gasteiger partial charge in [0, 0.05) is 5.69 Å². The molecule has 2 aliphatic rings. The summed E-state index contributed by atoms with van der Waals surface area (Å²) in [4.78, 5) is 25.3. The Kier molecular flexibility index (Phi) is 5.98. The summed E-state index contributed by atoms with van der Waals surface area (Å²) in [6.07, 6.45) is 4.30. The number of fused-ring (bicyclic) bond motifs is 1. The predicted molar refractivity (Wildman–Crippen MR) is 110 cm³/mol. The highest BCUT2D eigenvalue weighted by molar-refractivity contribution is 5.95. The fourth-order valence-electron chi connectivity index (χ4n) is 4.19. The molecule has 0 radical (unpaired) electrons. The van der Waals surface area contributed by atoms with Crippen molar-refractivity contribution in [1.82, 2.24) is 5.32 Å². The van der Waals surface area contributed by atoms with Gasteiger partial charge >= 0.3 is 0 Å². The van der Waals surface area contributed by atoms with Crippen molar-refractivity contribution in [2.75, 3.05) is 25.1 Å². The number of carbonyl (C=O) groups is 2. The summed E-state index contributed by atoms with van der Waals surface area (Å²) in [5.74, 6) is 1.03. The number of hydrogen-bond donors (Lipinski definition) is 2. The first-order valence-electron chi connectivity index (χ1n) is 10.2. The molecule has 0 bridgehead atoms. The Morgan fingerprint density at radius 1 is 0.966 bits per heavy atom. The molecule has 1 atom stereocenters. The van der Waals surface area contributed by atoms with Crippen LogP contribution in [0.4, 0.5) is 5.69 Å². The molecule has 152 valence electrons. The maximum absolute atomic E-state index is 13.1. The van der Waals surface area contributed by atoms with E-state index in [0.717, 1.165) is 31.2 Å².